The van der Waals surface area contributed by atoms with Crippen LogP contribution in [0.25, 0.3) is 0 Å². The summed E-state index contributed by atoms with van der Waals surface area (Å²) in [6.45, 7) is 2.20. The van der Waals surface area contributed by atoms with Crippen molar-refractivity contribution in [2.45, 2.75) is 140 Å². The van der Waals surface area contributed by atoms with Gasteiger partial charge in [-0.05, 0) is 57.3 Å². The third-order valence-electron chi connectivity index (χ3n) is 8.09. The summed E-state index contributed by atoms with van der Waals surface area (Å²) < 4.78 is 0. The van der Waals surface area contributed by atoms with Gasteiger partial charge in [-0.25, -0.2) is 0 Å². The molecule has 0 aliphatic heterocycles. The van der Waals surface area contributed by atoms with Crippen molar-refractivity contribution in [3.8, 4) is 0 Å². The molecule has 0 spiro atoms. The molecule has 5 atom stereocenters. The van der Waals surface area contributed by atoms with Gasteiger partial charge in [0, 0.05) is 0 Å². The molecule has 1 aliphatic rings. The smallest absolute Gasteiger partial charge is 0.309 e. The van der Waals surface area contributed by atoms with Crippen LogP contribution in [-0.2, 0) is 11.2 Å². The molecule has 1 aromatic rings. The van der Waals surface area contributed by atoms with E-state index in [9.17, 15) is 25.2 Å². The van der Waals surface area contributed by atoms with Crippen LogP contribution in [0.15, 0.2) is 18.3 Å². The van der Waals surface area contributed by atoms with Crippen molar-refractivity contribution in [2.75, 3.05) is 0 Å². The van der Waals surface area contributed by atoms with Gasteiger partial charge in [-0.1, -0.05) is 83.3 Å². The standard InChI is InChI=1S/C29H50NO5/c1-2-3-4-5-8-15-25(31)16-9-6-7-10-17-26(28(33)34)27(32)18-20-29(35)19-11-13-23(29)22-24-14-12-21-30-24/h12,14,21,23,25-27,31-32,35H,2-11,13,15-20,22H2,1H3,(H,33,34)/q-1/t23-,25-,26-,27+,29-/m0/s1. The SMILES string of the molecule is CCCCCCC[C@H](O)CCCCCC[C@H](C(=O)O)[C@H](O)CC[C@@]1(O)CCC[C@H]1Cc1ccc[n-]1. The number of carbonyl (C=O) groups is 1. The fourth-order valence-electron chi connectivity index (χ4n) is 5.76. The lowest BCUT2D eigenvalue weighted by molar-refractivity contribution is -0.146. The highest BCUT2D eigenvalue weighted by molar-refractivity contribution is 5.70. The van der Waals surface area contributed by atoms with Crippen LogP contribution in [0.4, 0.5) is 0 Å². The number of aliphatic hydroxyl groups excluding tert-OH is 2. The number of hydrogen-bond donors (Lipinski definition) is 4. The van der Waals surface area contributed by atoms with Crippen molar-refractivity contribution >= 4 is 5.97 Å². The molecule has 0 amide bonds. The van der Waals surface area contributed by atoms with Crippen LogP contribution in [0.1, 0.15) is 122 Å². The monoisotopic (exact) mass is 492 g/mol. The zero-order chi connectivity index (χ0) is 25.5. The molecular formula is C29H50NO5-. The highest BCUT2D eigenvalue weighted by atomic mass is 16.4. The summed E-state index contributed by atoms with van der Waals surface area (Å²) in [6, 6.07) is 3.88. The minimum Gasteiger partial charge on any atom is -0.668 e. The maximum atomic E-state index is 11.8. The van der Waals surface area contributed by atoms with Gasteiger partial charge >= 0.3 is 5.97 Å². The molecule has 1 heterocycles. The lowest BCUT2D eigenvalue weighted by Gasteiger charge is -2.33. The maximum Gasteiger partial charge on any atom is 0.309 e. The Kier molecular flexibility index (Phi) is 14.0. The number of hydrogen-bond acceptors (Lipinski definition) is 4. The summed E-state index contributed by atoms with van der Waals surface area (Å²) in [7, 11) is 0. The Morgan fingerprint density at radius 1 is 1.03 bits per heavy atom. The van der Waals surface area contributed by atoms with E-state index in [1.165, 1.54) is 25.7 Å². The third-order valence-corrected chi connectivity index (χ3v) is 8.09. The molecule has 1 aromatic heterocycles. The molecule has 6 heteroatoms. The molecule has 0 radical (unpaired) electrons. The first-order valence-electron chi connectivity index (χ1n) is 14.2. The molecular weight excluding hydrogens is 442 g/mol. The molecule has 6 nitrogen and oxygen atoms in total. The molecule has 0 bridgehead atoms. The predicted molar refractivity (Wildman–Crippen MR) is 139 cm³/mol. The molecule has 1 fully saturated rings. The van der Waals surface area contributed by atoms with Gasteiger partial charge in [-0.2, -0.15) is 11.9 Å². The molecule has 202 valence electrons. The molecule has 4 N–H and O–H groups in total. The first-order chi connectivity index (χ1) is 16.9. The molecule has 2 rings (SSSR count). The van der Waals surface area contributed by atoms with Crippen molar-refractivity contribution in [1.82, 2.24) is 4.98 Å². The fourth-order valence-corrected chi connectivity index (χ4v) is 5.76. The first kappa shape index (κ1) is 29.9. The van der Waals surface area contributed by atoms with Crippen molar-refractivity contribution in [1.29, 1.82) is 0 Å². The van der Waals surface area contributed by atoms with Crippen molar-refractivity contribution < 1.29 is 25.2 Å². The Balaban J connectivity index is 1.63. The third kappa shape index (κ3) is 11.1. The van der Waals surface area contributed by atoms with Crippen LogP contribution in [0.5, 0.6) is 0 Å². The summed E-state index contributed by atoms with van der Waals surface area (Å²) in [5.41, 5.74) is 0.138. The summed E-state index contributed by atoms with van der Waals surface area (Å²) in [5.74, 6) is -1.63. The van der Waals surface area contributed by atoms with Crippen LogP contribution in [0, 0.1) is 11.8 Å². The Labute approximate surface area is 212 Å². The van der Waals surface area contributed by atoms with E-state index in [1.54, 1.807) is 6.20 Å². The normalized spacial score (nSPS) is 22.8. The van der Waals surface area contributed by atoms with Crippen LogP contribution < -0.4 is 4.98 Å². The number of rotatable bonds is 20. The van der Waals surface area contributed by atoms with Gasteiger partial charge in [0.1, 0.15) is 0 Å². The number of aromatic nitrogens is 1. The van der Waals surface area contributed by atoms with Gasteiger partial charge in [0.2, 0.25) is 0 Å². The highest BCUT2D eigenvalue weighted by Gasteiger charge is 2.41. The number of aliphatic carboxylic acids is 1. The molecule has 0 aromatic carbocycles. The van der Waals surface area contributed by atoms with E-state index in [-0.39, 0.29) is 12.0 Å². The Hall–Kier alpha value is -1.37. The summed E-state index contributed by atoms with van der Waals surface area (Å²) in [6.07, 6.45) is 16.5. The average molecular weight is 493 g/mol. The van der Waals surface area contributed by atoms with Gasteiger partial charge in [-0.15, -0.1) is 0 Å². The minimum absolute atomic E-state index is 0.111. The maximum absolute atomic E-state index is 11.8. The minimum atomic E-state index is -0.952. The second-order valence-corrected chi connectivity index (χ2v) is 10.9. The van der Waals surface area contributed by atoms with E-state index in [0.29, 0.717) is 25.7 Å². The summed E-state index contributed by atoms with van der Waals surface area (Å²) >= 11 is 0. The van der Waals surface area contributed by atoms with Crippen molar-refractivity contribution in [3.05, 3.63) is 24.0 Å². The summed E-state index contributed by atoms with van der Waals surface area (Å²) in [4.78, 5) is 16.1. The van der Waals surface area contributed by atoms with Crippen LogP contribution in [0.3, 0.4) is 0 Å². The number of carboxylic acids is 1. The molecule has 1 aliphatic carbocycles. The van der Waals surface area contributed by atoms with E-state index >= 15 is 0 Å². The van der Waals surface area contributed by atoms with Crippen LogP contribution in [0.2, 0.25) is 0 Å². The number of aliphatic hydroxyl groups is 3. The number of nitrogens with zero attached hydrogens (tertiary/aromatic N) is 1. The Bertz CT molecular complexity index is 679. The fraction of sp³-hybridized carbons (Fsp3) is 0.828. The molecule has 35 heavy (non-hydrogen) atoms. The Morgan fingerprint density at radius 2 is 1.69 bits per heavy atom. The van der Waals surface area contributed by atoms with Crippen molar-refractivity contribution in [3.63, 3.8) is 0 Å². The second kappa shape index (κ2) is 16.4. The largest absolute Gasteiger partial charge is 0.668 e. The van der Waals surface area contributed by atoms with Gasteiger partial charge < -0.3 is 25.4 Å². The van der Waals surface area contributed by atoms with Gasteiger partial charge in [0.25, 0.3) is 0 Å². The zero-order valence-electron chi connectivity index (χ0n) is 21.9. The first-order valence-corrected chi connectivity index (χ1v) is 14.2. The van der Waals surface area contributed by atoms with E-state index < -0.39 is 23.6 Å². The summed E-state index contributed by atoms with van der Waals surface area (Å²) in [5, 5.41) is 41.7. The van der Waals surface area contributed by atoms with Crippen LogP contribution >= 0.6 is 0 Å². The van der Waals surface area contributed by atoms with E-state index in [4.69, 9.17) is 0 Å². The number of carboxylic acid groups (broad SMARTS) is 1. The molecule has 1 saturated carbocycles. The lowest BCUT2D eigenvalue weighted by atomic mass is 9.81. The van der Waals surface area contributed by atoms with E-state index in [2.05, 4.69) is 11.9 Å². The highest BCUT2D eigenvalue weighted by Crippen LogP contribution is 2.41. The average Bonchev–Trinajstić information content (AvgIpc) is 3.47. The molecule has 0 unspecified atom stereocenters. The van der Waals surface area contributed by atoms with Gasteiger partial charge in [0.05, 0.1) is 23.7 Å². The Morgan fingerprint density at radius 3 is 2.29 bits per heavy atom. The van der Waals surface area contributed by atoms with E-state index in [1.807, 2.05) is 12.1 Å². The molecule has 0 saturated heterocycles. The topological polar surface area (TPSA) is 112 Å². The second-order valence-electron chi connectivity index (χ2n) is 10.9. The van der Waals surface area contributed by atoms with Crippen LogP contribution in [-0.4, -0.2) is 44.2 Å². The van der Waals surface area contributed by atoms with Crippen molar-refractivity contribution in [2.24, 2.45) is 11.8 Å². The lowest BCUT2D eigenvalue weighted by Crippen LogP contribution is -2.37. The zero-order valence-corrected chi connectivity index (χ0v) is 21.9. The van der Waals surface area contributed by atoms with E-state index in [0.717, 1.165) is 69.9 Å². The quantitative estimate of drug-likeness (QED) is 0.176. The van der Waals surface area contributed by atoms with Gasteiger partial charge in [0.15, 0.2) is 0 Å². The number of unbranched alkanes of at least 4 members (excludes halogenated alkanes) is 7. The van der Waals surface area contributed by atoms with Gasteiger partial charge in [-0.3, -0.25) is 4.79 Å². The predicted octanol–water partition coefficient (Wildman–Crippen LogP) is 5.62.